The van der Waals surface area contributed by atoms with Crippen LogP contribution in [0.15, 0.2) is 52.1 Å². The van der Waals surface area contributed by atoms with Crippen LogP contribution in [0.1, 0.15) is 59.3 Å². The highest BCUT2D eigenvalue weighted by molar-refractivity contribution is 7.16. The van der Waals surface area contributed by atoms with Crippen LogP contribution < -0.4 is 5.32 Å². The quantitative estimate of drug-likeness (QED) is 0.475. The summed E-state index contributed by atoms with van der Waals surface area (Å²) >= 11 is 1.60. The van der Waals surface area contributed by atoms with Crippen LogP contribution in [-0.4, -0.2) is 12.1 Å². The van der Waals surface area contributed by atoms with Crippen LogP contribution in [0.4, 0.5) is 9.39 Å². The maximum Gasteiger partial charge on any atom is 0.255 e. The smallest absolute Gasteiger partial charge is 0.255 e. The molecule has 6 heteroatoms. The van der Waals surface area contributed by atoms with Gasteiger partial charge in [0.2, 0.25) is 0 Å². The molecule has 1 atom stereocenters. The molecule has 4 rings (SSSR count). The van der Waals surface area contributed by atoms with Gasteiger partial charge in [-0.15, -0.1) is 11.3 Å². The van der Waals surface area contributed by atoms with Crippen molar-refractivity contribution in [2.75, 3.05) is 0 Å². The van der Waals surface area contributed by atoms with Gasteiger partial charge in [-0.2, -0.15) is 0 Å². The average molecular weight is 439 g/mol. The minimum absolute atomic E-state index is 0.130. The molecule has 0 aliphatic heterocycles. The van der Waals surface area contributed by atoms with Gasteiger partial charge in [0.15, 0.2) is 0 Å². The van der Waals surface area contributed by atoms with E-state index in [-0.39, 0.29) is 17.1 Å². The predicted octanol–water partition coefficient (Wildman–Crippen LogP) is 6.31. The minimum Gasteiger partial charge on any atom is -0.467 e. The zero-order valence-corrected chi connectivity index (χ0v) is 18.9. The summed E-state index contributed by atoms with van der Waals surface area (Å²) in [6.07, 6.45) is 6.20. The highest BCUT2D eigenvalue weighted by Gasteiger charge is 2.33. The first-order chi connectivity index (χ1) is 14.8. The fraction of sp³-hybridized carbons (Fsp3) is 0.360. The lowest BCUT2D eigenvalue weighted by Gasteiger charge is -2.33. The van der Waals surface area contributed by atoms with E-state index in [1.54, 1.807) is 42.0 Å². The van der Waals surface area contributed by atoms with Crippen LogP contribution in [0, 0.1) is 17.2 Å². The van der Waals surface area contributed by atoms with Gasteiger partial charge < -0.3 is 9.73 Å². The number of halogens is 1. The molecule has 2 heterocycles. The molecule has 1 N–H and O–H groups in total. The number of aliphatic imine (C=N–C) groups is 1. The molecule has 0 saturated carbocycles. The van der Waals surface area contributed by atoms with Crippen molar-refractivity contribution in [1.29, 1.82) is 0 Å². The molecule has 1 aromatic carbocycles. The summed E-state index contributed by atoms with van der Waals surface area (Å²) < 4.78 is 18.5. The fourth-order valence-corrected chi connectivity index (χ4v) is 5.26. The Morgan fingerprint density at radius 3 is 2.74 bits per heavy atom. The molecule has 0 saturated heterocycles. The zero-order chi connectivity index (χ0) is 22.0. The molecule has 31 heavy (non-hydrogen) atoms. The van der Waals surface area contributed by atoms with E-state index in [0.29, 0.717) is 28.8 Å². The number of nitrogens with zero attached hydrogens (tertiary/aromatic N) is 1. The monoisotopic (exact) mass is 438 g/mol. The number of amides is 1. The molecule has 1 aliphatic carbocycles. The molecule has 162 valence electrons. The SMILES string of the molecule is CC(C)(C)[C@H]1CCc2c(sc(N=Cc3ccc(F)cc3)c2C(=O)NCc2ccco2)C1. The number of hydrogen-bond donors (Lipinski definition) is 1. The number of nitrogens with one attached hydrogen (secondary N) is 1. The van der Waals surface area contributed by atoms with E-state index in [0.717, 1.165) is 30.4 Å². The molecule has 0 spiro atoms. The topological polar surface area (TPSA) is 54.6 Å². The van der Waals surface area contributed by atoms with E-state index in [1.807, 2.05) is 6.07 Å². The molecule has 3 aromatic rings. The maximum atomic E-state index is 13.2. The Morgan fingerprint density at radius 1 is 1.29 bits per heavy atom. The second kappa shape index (κ2) is 8.79. The van der Waals surface area contributed by atoms with E-state index in [1.165, 1.54) is 17.0 Å². The molecule has 0 bridgehead atoms. The normalized spacial score (nSPS) is 16.5. The van der Waals surface area contributed by atoms with E-state index < -0.39 is 0 Å². The molecule has 1 aliphatic rings. The average Bonchev–Trinajstić information content (AvgIpc) is 3.38. The number of carbonyl (C=O) groups is 1. The molecule has 0 fully saturated rings. The van der Waals surface area contributed by atoms with Gasteiger partial charge in [0.1, 0.15) is 16.6 Å². The second-order valence-electron chi connectivity index (χ2n) is 9.06. The first-order valence-corrected chi connectivity index (χ1v) is 11.4. The lowest BCUT2D eigenvalue weighted by Crippen LogP contribution is -2.28. The van der Waals surface area contributed by atoms with Crippen LogP contribution in [-0.2, 0) is 19.4 Å². The number of rotatable bonds is 5. The van der Waals surface area contributed by atoms with Crippen molar-refractivity contribution in [3.63, 3.8) is 0 Å². The van der Waals surface area contributed by atoms with Crippen molar-refractivity contribution >= 4 is 28.5 Å². The van der Waals surface area contributed by atoms with E-state index >= 15 is 0 Å². The van der Waals surface area contributed by atoms with Crippen molar-refractivity contribution in [2.24, 2.45) is 16.3 Å². The van der Waals surface area contributed by atoms with Crippen molar-refractivity contribution in [3.8, 4) is 0 Å². The van der Waals surface area contributed by atoms with Gasteiger partial charge in [-0.3, -0.25) is 4.79 Å². The van der Waals surface area contributed by atoms with Crippen molar-refractivity contribution in [2.45, 2.75) is 46.6 Å². The molecular formula is C25H27FN2O2S. The third kappa shape index (κ3) is 4.96. The lowest BCUT2D eigenvalue weighted by atomic mass is 9.72. The maximum absolute atomic E-state index is 13.2. The molecule has 4 nitrogen and oxygen atoms in total. The Balaban J connectivity index is 1.64. The summed E-state index contributed by atoms with van der Waals surface area (Å²) in [5.41, 5.74) is 2.80. The van der Waals surface area contributed by atoms with Crippen molar-refractivity contribution in [1.82, 2.24) is 5.32 Å². The Labute approximate surface area is 186 Å². The first-order valence-electron chi connectivity index (χ1n) is 10.6. The molecule has 2 aromatic heterocycles. The molecular weight excluding hydrogens is 411 g/mol. The number of furan rings is 1. The lowest BCUT2D eigenvalue weighted by molar-refractivity contribution is 0.0947. The van der Waals surface area contributed by atoms with Gasteiger partial charge in [-0.1, -0.05) is 32.9 Å². The number of carbonyl (C=O) groups excluding carboxylic acids is 1. The number of fused-ring (bicyclic) bond motifs is 1. The summed E-state index contributed by atoms with van der Waals surface area (Å²) in [6.45, 7) is 7.17. The van der Waals surface area contributed by atoms with E-state index in [4.69, 9.17) is 4.42 Å². The third-order valence-corrected chi connectivity index (χ3v) is 7.07. The summed E-state index contributed by atoms with van der Waals surface area (Å²) in [6, 6.07) is 9.82. The van der Waals surface area contributed by atoms with Gasteiger partial charge >= 0.3 is 0 Å². The van der Waals surface area contributed by atoms with Crippen LogP contribution in [0.5, 0.6) is 0 Å². The number of thiophene rings is 1. The summed E-state index contributed by atoms with van der Waals surface area (Å²) in [7, 11) is 0. The van der Waals surface area contributed by atoms with Crippen LogP contribution >= 0.6 is 11.3 Å². The molecule has 0 unspecified atom stereocenters. The largest absolute Gasteiger partial charge is 0.467 e. The van der Waals surface area contributed by atoms with Gasteiger partial charge in [0.05, 0.1) is 18.4 Å². The standard InChI is InChI=1S/C25H27FN2O2S/c1-25(2,3)17-8-11-20-21(13-17)31-24(28-14-16-6-9-18(26)10-7-16)22(20)23(29)27-15-19-5-4-12-30-19/h4-7,9-10,12,14,17H,8,11,13,15H2,1-3H3,(H,27,29)/t17-/m0/s1. The first kappa shape index (κ1) is 21.5. The Bertz CT molecular complexity index is 1080. The fourth-order valence-electron chi connectivity index (χ4n) is 3.99. The van der Waals surface area contributed by atoms with Crippen molar-refractivity contribution < 1.29 is 13.6 Å². The molecule has 1 amide bonds. The Morgan fingerprint density at radius 2 is 2.06 bits per heavy atom. The van der Waals surface area contributed by atoms with E-state index in [2.05, 4.69) is 31.1 Å². The van der Waals surface area contributed by atoms with Crippen molar-refractivity contribution in [3.05, 3.63) is 75.8 Å². The number of hydrogen-bond acceptors (Lipinski definition) is 4. The van der Waals surface area contributed by atoms with Gasteiger partial charge in [0.25, 0.3) is 5.91 Å². The second-order valence-corrected chi connectivity index (χ2v) is 10.1. The van der Waals surface area contributed by atoms with E-state index in [9.17, 15) is 9.18 Å². The molecule has 0 radical (unpaired) electrons. The summed E-state index contributed by atoms with van der Waals surface area (Å²) in [5, 5.41) is 3.68. The highest BCUT2D eigenvalue weighted by atomic mass is 32.1. The Kier molecular flexibility index (Phi) is 6.10. The number of benzene rings is 1. The minimum atomic E-state index is -0.282. The van der Waals surface area contributed by atoms with Crippen LogP contribution in [0.25, 0.3) is 0 Å². The zero-order valence-electron chi connectivity index (χ0n) is 18.1. The summed E-state index contributed by atoms with van der Waals surface area (Å²) in [4.78, 5) is 19.1. The Hall–Kier alpha value is -2.73. The summed E-state index contributed by atoms with van der Waals surface area (Å²) in [5.74, 6) is 0.873. The highest BCUT2D eigenvalue weighted by Crippen LogP contribution is 2.45. The third-order valence-electron chi connectivity index (χ3n) is 5.90. The van der Waals surface area contributed by atoms with Gasteiger partial charge in [-0.05, 0) is 66.0 Å². The van der Waals surface area contributed by atoms with Gasteiger partial charge in [0, 0.05) is 11.1 Å². The van der Waals surface area contributed by atoms with Crippen LogP contribution in [0.3, 0.4) is 0 Å². The van der Waals surface area contributed by atoms with Crippen LogP contribution in [0.2, 0.25) is 0 Å². The predicted molar refractivity (Wildman–Crippen MR) is 123 cm³/mol. The van der Waals surface area contributed by atoms with Gasteiger partial charge in [-0.25, -0.2) is 9.38 Å².